The number of nitrogens with zero attached hydrogens (tertiary/aromatic N) is 3. The molecule has 3 rings (SSSR count). The number of hydrogen-bond donors (Lipinski definition) is 1. The summed E-state index contributed by atoms with van der Waals surface area (Å²) in [5.41, 5.74) is 2.51. The van der Waals surface area contributed by atoms with Crippen molar-refractivity contribution in [3.63, 3.8) is 0 Å². The number of fused-ring (bicyclic) bond motifs is 1. The van der Waals surface area contributed by atoms with Crippen LogP contribution in [0, 0.1) is 18.3 Å². The second kappa shape index (κ2) is 5.62. The Labute approximate surface area is 127 Å². The van der Waals surface area contributed by atoms with Gasteiger partial charge in [-0.25, -0.2) is 4.98 Å². The first-order chi connectivity index (χ1) is 10.2. The standard InChI is InChI=1S/C15H14N4OS/c1-10-3-2-4-11(7-10)8-13(20)17-14-12(9-16)19-5-6-21-15(19)18-14/h2-4,7H,5-6,8H2,1H3,(H,17,20). The topological polar surface area (TPSA) is 70.7 Å². The highest BCUT2D eigenvalue weighted by Gasteiger charge is 2.22. The number of hydrogen-bond acceptors (Lipinski definition) is 4. The number of carbonyl (C=O) groups excluding carboxylic acids is 1. The SMILES string of the molecule is Cc1cccc(CC(=O)Nc2nc3n(c2C#N)CCS3)c1. The van der Waals surface area contributed by atoms with Gasteiger partial charge in [0.25, 0.3) is 0 Å². The van der Waals surface area contributed by atoms with E-state index in [9.17, 15) is 10.1 Å². The van der Waals surface area contributed by atoms with Crippen LogP contribution in [0.3, 0.4) is 0 Å². The minimum absolute atomic E-state index is 0.154. The number of amides is 1. The van der Waals surface area contributed by atoms with Crippen LogP contribution in [-0.2, 0) is 17.8 Å². The monoisotopic (exact) mass is 298 g/mol. The molecule has 0 unspecified atom stereocenters. The first-order valence-electron chi connectivity index (χ1n) is 6.66. The molecule has 106 valence electrons. The molecule has 1 amide bonds. The van der Waals surface area contributed by atoms with Crippen LogP contribution in [0.4, 0.5) is 5.82 Å². The largest absolute Gasteiger partial charge is 0.308 e. The van der Waals surface area contributed by atoms with Gasteiger partial charge in [-0.05, 0) is 12.5 Å². The molecule has 0 bridgehead atoms. The summed E-state index contributed by atoms with van der Waals surface area (Å²) in [5, 5.41) is 12.8. The zero-order chi connectivity index (χ0) is 14.8. The van der Waals surface area contributed by atoms with Crippen LogP contribution in [0.15, 0.2) is 29.4 Å². The fourth-order valence-electron chi connectivity index (χ4n) is 2.36. The highest BCUT2D eigenvalue weighted by molar-refractivity contribution is 7.99. The fourth-order valence-corrected chi connectivity index (χ4v) is 3.31. The number of aromatic nitrogens is 2. The molecule has 6 heteroatoms. The van der Waals surface area contributed by atoms with E-state index in [1.165, 1.54) is 0 Å². The Morgan fingerprint density at radius 1 is 1.57 bits per heavy atom. The van der Waals surface area contributed by atoms with E-state index in [4.69, 9.17) is 0 Å². The molecular weight excluding hydrogens is 284 g/mol. The van der Waals surface area contributed by atoms with Gasteiger partial charge in [0.05, 0.1) is 6.42 Å². The van der Waals surface area contributed by atoms with Crippen molar-refractivity contribution in [2.45, 2.75) is 25.0 Å². The second-order valence-corrected chi connectivity index (χ2v) is 5.98. The smallest absolute Gasteiger partial charge is 0.230 e. The Hall–Kier alpha value is -2.26. The Balaban J connectivity index is 1.75. The first-order valence-corrected chi connectivity index (χ1v) is 7.65. The predicted octanol–water partition coefficient (Wildman–Crippen LogP) is 2.35. The molecule has 5 nitrogen and oxygen atoms in total. The van der Waals surface area contributed by atoms with Crippen LogP contribution in [-0.4, -0.2) is 21.2 Å². The average molecular weight is 298 g/mol. The number of imidazole rings is 1. The zero-order valence-corrected chi connectivity index (χ0v) is 12.4. The molecule has 0 aliphatic carbocycles. The fraction of sp³-hybridized carbons (Fsp3) is 0.267. The zero-order valence-electron chi connectivity index (χ0n) is 11.6. The summed E-state index contributed by atoms with van der Waals surface area (Å²) in [6, 6.07) is 9.95. The number of benzene rings is 1. The third-order valence-electron chi connectivity index (χ3n) is 3.29. The first kappa shape index (κ1) is 13.7. The number of carbonyl (C=O) groups is 1. The summed E-state index contributed by atoms with van der Waals surface area (Å²) in [4.78, 5) is 16.4. The lowest BCUT2D eigenvalue weighted by molar-refractivity contribution is -0.115. The van der Waals surface area contributed by atoms with Crippen LogP contribution in [0.5, 0.6) is 0 Å². The molecule has 0 fully saturated rings. The number of aryl methyl sites for hydroxylation is 1. The molecule has 0 radical (unpaired) electrons. The number of thioether (sulfide) groups is 1. The number of rotatable bonds is 3. The lowest BCUT2D eigenvalue weighted by Crippen LogP contribution is -2.16. The average Bonchev–Trinajstić information content (AvgIpc) is 2.98. The second-order valence-electron chi connectivity index (χ2n) is 4.92. The molecule has 0 saturated carbocycles. The number of nitrogens with one attached hydrogen (secondary N) is 1. The van der Waals surface area contributed by atoms with E-state index in [-0.39, 0.29) is 12.3 Å². The molecule has 0 atom stereocenters. The third-order valence-corrected chi connectivity index (χ3v) is 4.25. The summed E-state index contributed by atoms with van der Waals surface area (Å²) in [6.45, 7) is 2.76. The Bertz CT molecular complexity index is 745. The summed E-state index contributed by atoms with van der Waals surface area (Å²) >= 11 is 1.60. The Kier molecular flexibility index (Phi) is 3.67. The molecule has 2 heterocycles. The van der Waals surface area contributed by atoms with Crippen LogP contribution in [0.1, 0.15) is 16.8 Å². The highest BCUT2D eigenvalue weighted by atomic mass is 32.2. The minimum atomic E-state index is -0.154. The maximum atomic E-state index is 12.1. The minimum Gasteiger partial charge on any atom is -0.308 e. The van der Waals surface area contributed by atoms with Crippen molar-refractivity contribution in [1.82, 2.24) is 9.55 Å². The van der Waals surface area contributed by atoms with Crippen molar-refractivity contribution in [3.8, 4) is 6.07 Å². The van der Waals surface area contributed by atoms with E-state index in [2.05, 4.69) is 16.4 Å². The van der Waals surface area contributed by atoms with E-state index in [0.29, 0.717) is 11.5 Å². The maximum Gasteiger partial charge on any atom is 0.230 e. The number of anilines is 1. The van der Waals surface area contributed by atoms with Gasteiger partial charge in [-0.3, -0.25) is 4.79 Å². The van der Waals surface area contributed by atoms with Crippen molar-refractivity contribution >= 4 is 23.5 Å². The molecule has 0 spiro atoms. The van der Waals surface area contributed by atoms with Crippen molar-refractivity contribution < 1.29 is 4.79 Å². The van der Waals surface area contributed by atoms with Crippen molar-refractivity contribution in [3.05, 3.63) is 41.1 Å². The Morgan fingerprint density at radius 2 is 2.43 bits per heavy atom. The maximum absolute atomic E-state index is 12.1. The molecule has 1 aromatic heterocycles. The van der Waals surface area contributed by atoms with Gasteiger partial charge < -0.3 is 9.88 Å². The van der Waals surface area contributed by atoms with Gasteiger partial charge in [0.2, 0.25) is 5.91 Å². The molecule has 1 aromatic carbocycles. The quantitative estimate of drug-likeness (QED) is 0.944. The molecule has 1 aliphatic heterocycles. The summed E-state index contributed by atoms with van der Waals surface area (Å²) < 4.78 is 1.85. The van der Waals surface area contributed by atoms with Gasteiger partial charge in [-0.2, -0.15) is 5.26 Å². The van der Waals surface area contributed by atoms with Gasteiger partial charge in [0, 0.05) is 12.3 Å². The lowest BCUT2D eigenvalue weighted by atomic mass is 10.1. The van der Waals surface area contributed by atoms with Gasteiger partial charge in [0.15, 0.2) is 16.7 Å². The van der Waals surface area contributed by atoms with Crippen molar-refractivity contribution in [2.75, 3.05) is 11.1 Å². The van der Waals surface area contributed by atoms with Crippen molar-refractivity contribution in [2.24, 2.45) is 0 Å². The molecule has 2 aromatic rings. The van der Waals surface area contributed by atoms with Crippen LogP contribution < -0.4 is 5.32 Å². The molecule has 21 heavy (non-hydrogen) atoms. The summed E-state index contributed by atoms with van der Waals surface area (Å²) in [6.07, 6.45) is 0.280. The normalized spacial score (nSPS) is 12.8. The van der Waals surface area contributed by atoms with Gasteiger partial charge in [0.1, 0.15) is 6.07 Å². The molecule has 1 N–H and O–H groups in total. The van der Waals surface area contributed by atoms with E-state index < -0.39 is 0 Å². The molecule has 1 aliphatic rings. The van der Waals surface area contributed by atoms with Gasteiger partial charge in [-0.1, -0.05) is 41.6 Å². The van der Waals surface area contributed by atoms with Crippen LogP contribution in [0.2, 0.25) is 0 Å². The number of nitriles is 1. The van der Waals surface area contributed by atoms with E-state index >= 15 is 0 Å². The summed E-state index contributed by atoms with van der Waals surface area (Å²) in [7, 11) is 0. The molecular formula is C15H14N4OS. The van der Waals surface area contributed by atoms with Crippen LogP contribution >= 0.6 is 11.8 Å². The third kappa shape index (κ3) is 2.78. The van der Waals surface area contributed by atoms with Crippen molar-refractivity contribution in [1.29, 1.82) is 5.26 Å². The van der Waals surface area contributed by atoms with Gasteiger partial charge >= 0.3 is 0 Å². The van der Waals surface area contributed by atoms with Crippen LogP contribution in [0.25, 0.3) is 0 Å². The highest BCUT2D eigenvalue weighted by Crippen LogP contribution is 2.30. The van der Waals surface area contributed by atoms with Gasteiger partial charge in [-0.15, -0.1) is 0 Å². The Morgan fingerprint density at radius 3 is 3.19 bits per heavy atom. The van der Waals surface area contributed by atoms with E-state index in [0.717, 1.165) is 28.6 Å². The van der Waals surface area contributed by atoms with E-state index in [1.54, 1.807) is 11.8 Å². The lowest BCUT2D eigenvalue weighted by Gasteiger charge is -2.04. The predicted molar refractivity (Wildman–Crippen MR) is 81.2 cm³/mol. The summed E-state index contributed by atoms with van der Waals surface area (Å²) in [5.74, 6) is 1.14. The molecule has 0 saturated heterocycles. The van der Waals surface area contributed by atoms with E-state index in [1.807, 2.05) is 35.8 Å².